The van der Waals surface area contributed by atoms with E-state index < -0.39 is 10.0 Å². The number of nitrogens with one attached hydrogen (secondary N) is 3. The van der Waals surface area contributed by atoms with Crippen molar-refractivity contribution in [3.8, 4) is 0 Å². The van der Waals surface area contributed by atoms with Crippen molar-refractivity contribution in [1.29, 1.82) is 0 Å². The molecule has 1 fully saturated rings. The molecule has 0 spiro atoms. The van der Waals surface area contributed by atoms with E-state index in [1.807, 2.05) is 48.5 Å². The Balaban J connectivity index is 1.40. The first-order chi connectivity index (χ1) is 20.5. The number of halogens is 1. The van der Waals surface area contributed by atoms with Crippen LogP contribution in [0.4, 0.5) is 17.1 Å². The zero-order valence-corrected chi connectivity index (χ0v) is 25.9. The van der Waals surface area contributed by atoms with Crippen molar-refractivity contribution in [3.05, 3.63) is 88.4 Å². The molecule has 3 aromatic carbocycles. The van der Waals surface area contributed by atoms with E-state index in [1.54, 1.807) is 30.1 Å². The van der Waals surface area contributed by atoms with Crippen LogP contribution in [-0.4, -0.2) is 83.1 Å². The second-order valence-electron chi connectivity index (χ2n) is 10.9. The highest BCUT2D eigenvalue weighted by atomic mass is 35.5. The fourth-order valence-electron chi connectivity index (χ4n) is 5.04. The lowest BCUT2D eigenvalue weighted by Crippen LogP contribution is -2.48. The molecule has 5 rings (SSSR count). The molecule has 2 aliphatic heterocycles. The van der Waals surface area contributed by atoms with Crippen molar-refractivity contribution in [3.63, 3.8) is 0 Å². The Morgan fingerprint density at radius 2 is 1.67 bits per heavy atom. The molecule has 3 aromatic rings. The van der Waals surface area contributed by atoms with Crippen molar-refractivity contribution in [2.75, 3.05) is 68.6 Å². The van der Waals surface area contributed by atoms with Gasteiger partial charge in [0, 0.05) is 61.7 Å². The molecule has 0 unspecified atom stereocenters. The van der Waals surface area contributed by atoms with Crippen LogP contribution in [0.1, 0.15) is 16.7 Å². The molecule has 0 radical (unpaired) electrons. The Hall–Kier alpha value is -3.74. The lowest BCUT2D eigenvalue weighted by Gasteiger charge is -2.32. The number of rotatable bonds is 9. The summed E-state index contributed by atoms with van der Waals surface area (Å²) in [6, 6.07) is 20.1. The van der Waals surface area contributed by atoms with Crippen molar-refractivity contribution >= 4 is 61.8 Å². The van der Waals surface area contributed by atoms with Crippen LogP contribution in [0.25, 0.3) is 11.3 Å². The molecular formula is C31H35ClN6O4S. The van der Waals surface area contributed by atoms with Crippen LogP contribution in [-0.2, 0) is 26.2 Å². The number of sulfonamides is 1. The van der Waals surface area contributed by atoms with E-state index in [4.69, 9.17) is 11.6 Å². The molecule has 43 heavy (non-hydrogen) atoms. The molecule has 3 N–H and O–H groups in total. The fourth-order valence-corrected chi connectivity index (χ4v) is 5.64. The number of fused-ring (bicyclic) bond motifs is 1. The van der Waals surface area contributed by atoms with Gasteiger partial charge >= 0.3 is 0 Å². The van der Waals surface area contributed by atoms with E-state index in [0.717, 1.165) is 54.9 Å². The van der Waals surface area contributed by atoms with E-state index >= 15 is 0 Å². The van der Waals surface area contributed by atoms with Gasteiger partial charge in [-0.15, -0.1) is 0 Å². The number of anilines is 3. The van der Waals surface area contributed by atoms with Crippen molar-refractivity contribution in [1.82, 2.24) is 14.5 Å². The number of piperazine rings is 1. The molecule has 2 aliphatic rings. The van der Waals surface area contributed by atoms with Gasteiger partial charge in [-0.1, -0.05) is 41.9 Å². The molecule has 226 valence electrons. The van der Waals surface area contributed by atoms with Crippen LogP contribution in [0.5, 0.6) is 0 Å². The molecular weight excluding hydrogens is 588 g/mol. The first kappa shape index (κ1) is 30.7. The number of carbonyl (C=O) groups is 2. The molecule has 0 bridgehead atoms. The quantitative estimate of drug-likeness (QED) is 0.313. The third kappa shape index (κ3) is 7.62. The molecule has 0 saturated carbocycles. The summed E-state index contributed by atoms with van der Waals surface area (Å²) in [6.45, 7) is 4.16. The third-order valence-electron chi connectivity index (χ3n) is 7.61. The highest BCUT2D eigenvalue weighted by Crippen LogP contribution is 2.39. The van der Waals surface area contributed by atoms with Crippen LogP contribution in [0.2, 0.25) is 5.02 Å². The molecule has 0 aromatic heterocycles. The topological polar surface area (TPSA) is 114 Å². The second-order valence-corrected chi connectivity index (χ2v) is 13.2. The summed E-state index contributed by atoms with van der Waals surface area (Å²) in [5.41, 5.74) is 5.37. The minimum absolute atomic E-state index is 0.0245. The molecule has 0 aliphatic carbocycles. The number of nitrogens with zero attached hydrogens (tertiary/aromatic N) is 3. The van der Waals surface area contributed by atoms with Crippen LogP contribution in [0.15, 0.2) is 66.7 Å². The summed E-state index contributed by atoms with van der Waals surface area (Å²) in [5.74, 6) is -0.246. The van der Waals surface area contributed by atoms with Gasteiger partial charge in [-0.05, 0) is 54.6 Å². The molecule has 0 atom stereocenters. The van der Waals surface area contributed by atoms with Gasteiger partial charge < -0.3 is 20.4 Å². The van der Waals surface area contributed by atoms with Gasteiger partial charge in [0.25, 0.3) is 5.91 Å². The van der Waals surface area contributed by atoms with Gasteiger partial charge in [0.1, 0.15) is 0 Å². The Morgan fingerprint density at radius 1 is 1.00 bits per heavy atom. The Morgan fingerprint density at radius 3 is 2.33 bits per heavy atom. The third-order valence-corrected chi connectivity index (χ3v) is 8.51. The maximum absolute atomic E-state index is 13.2. The predicted molar refractivity (Wildman–Crippen MR) is 172 cm³/mol. The smallest absolute Gasteiger partial charge is 0.258 e. The van der Waals surface area contributed by atoms with Crippen LogP contribution in [0.3, 0.4) is 0 Å². The van der Waals surface area contributed by atoms with Crippen molar-refractivity contribution in [2.24, 2.45) is 0 Å². The summed E-state index contributed by atoms with van der Waals surface area (Å²) in [6.07, 6.45) is 1.11. The summed E-state index contributed by atoms with van der Waals surface area (Å²) >= 11 is 6.18. The highest BCUT2D eigenvalue weighted by molar-refractivity contribution is 7.88. The highest BCUT2D eigenvalue weighted by Gasteiger charge is 2.29. The summed E-state index contributed by atoms with van der Waals surface area (Å²) in [4.78, 5) is 32.3. The molecule has 12 heteroatoms. The molecule has 2 heterocycles. The van der Waals surface area contributed by atoms with Gasteiger partial charge in [0.15, 0.2) is 0 Å². The van der Waals surface area contributed by atoms with E-state index in [-0.39, 0.29) is 18.4 Å². The normalized spacial score (nSPS) is 16.9. The Labute approximate surface area is 257 Å². The van der Waals surface area contributed by atoms with Crippen LogP contribution in [0, 0.1) is 0 Å². The standard InChI is InChI=1S/C31H35ClN6O4S/c1-36-14-16-38(17-15-36)20-28(39)37(2)25-11-9-24(10-12-25)34-30(22-6-4-21(5-7-22)19-33-43(3,41)42)29-26-13-8-23(32)18-27(26)35-31(29)40/h4-13,18,33-34H,14-17,19-20H2,1-3H3,(H,35,40)/b30-29-. The summed E-state index contributed by atoms with van der Waals surface area (Å²) in [5, 5.41) is 6.83. The van der Waals surface area contributed by atoms with E-state index in [2.05, 4.69) is 32.2 Å². The van der Waals surface area contributed by atoms with Gasteiger partial charge in [0.2, 0.25) is 15.9 Å². The lowest BCUT2D eigenvalue weighted by atomic mass is 9.99. The van der Waals surface area contributed by atoms with Crippen molar-refractivity contribution < 1.29 is 18.0 Å². The van der Waals surface area contributed by atoms with E-state index in [1.165, 1.54) is 0 Å². The first-order valence-electron chi connectivity index (χ1n) is 13.9. The number of amides is 2. The molecule has 1 saturated heterocycles. The lowest BCUT2D eigenvalue weighted by molar-refractivity contribution is -0.119. The molecule has 2 amide bonds. The minimum atomic E-state index is -3.34. The Bertz CT molecular complexity index is 1650. The average molecular weight is 623 g/mol. The van der Waals surface area contributed by atoms with Gasteiger partial charge in [-0.3, -0.25) is 14.5 Å². The van der Waals surface area contributed by atoms with E-state index in [0.29, 0.717) is 34.1 Å². The predicted octanol–water partition coefficient (Wildman–Crippen LogP) is 3.53. The largest absolute Gasteiger partial charge is 0.354 e. The van der Waals surface area contributed by atoms with Crippen LogP contribution >= 0.6 is 11.6 Å². The van der Waals surface area contributed by atoms with Gasteiger partial charge in [0.05, 0.1) is 29.8 Å². The number of hydrogen-bond donors (Lipinski definition) is 3. The van der Waals surface area contributed by atoms with Crippen LogP contribution < -0.4 is 20.3 Å². The first-order valence-corrected chi connectivity index (χ1v) is 16.2. The van der Waals surface area contributed by atoms with Gasteiger partial charge in [-0.2, -0.15) is 0 Å². The number of benzene rings is 3. The second kappa shape index (κ2) is 12.9. The molecule has 10 nitrogen and oxygen atoms in total. The maximum Gasteiger partial charge on any atom is 0.258 e. The maximum atomic E-state index is 13.2. The number of hydrogen-bond acceptors (Lipinski definition) is 7. The summed E-state index contributed by atoms with van der Waals surface area (Å²) in [7, 11) is 0.529. The zero-order chi connectivity index (χ0) is 30.7. The fraction of sp³-hybridized carbons (Fsp3) is 0.290. The van der Waals surface area contributed by atoms with Gasteiger partial charge in [-0.25, -0.2) is 13.1 Å². The van der Waals surface area contributed by atoms with Crippen molar-refractivity contribution in [2.45, 2.75) is 6.54 Å². The minimum Gasteiger partial charge on any atom is -0.354 e. The Kier molecular flexibility index (Phi) is 9.19. The number of carbonyl (C=O) groups excluding carboxylic acids is 2. The van der Waals surface area contributed by atoms with E-state index in [9.17, 15) is 18.0 Å². The monoisotopic (exact) mass is 622 g/mol. The number of likely N-dealkylation sites (N-methyl/N-ethyl adjacent to an activating group) is 2. The zero-order valence-electron chi connectivity index (χ0n) is 24.4. The average Bonchev–Trinajstić information content (AvgIpc) is 3.30. The SMILES string of the molecule is CN1CCN(CC(=O)N(C)c2ccc(N/C(=C3\C(=O)Nc4cc(Cl)ccc43)c3ccc(CNS(C)(=O)=O)cc3)cc2)CC1. The summed E-state index contributed by atoms with van der Waals surface area (Å²) < 4.78 is 25.5.